The van der Waals surface area contributed by atoms with Crippen LogP contribution in [0.3, 0.4) is 0 Å². The van der Waals surface area contributed by atoms with E-state index >= 15 is 0 Å². The van der Waals surface area contributed by atoms with Crippen LogP contribution in [0.1, 0.15) is 15.9 Å². The van der Waals surface area contributed by atoms with Gasteiger partial charge in [0.2, 0.25) is 6.29 Å². The Labute approximate surface area is 154 Å². The van der Waals surface area contributed by atoms with Gasteiger partial charge in [0, 0.05) is 11.1 Å². The smallest absolute Gasteiger partial charge is 0.335 e. The standard InChI is InChI=1S/C19H18O8/c20-13(10-4-2-1-3-5-10)11-6-8-12(9-7-11)26-19-16(23)14(21)15(22)17(27-19)18(24)25/h1-9,14-17,19,21-23H,(H,24,25). The van der Waals surface area contributed by atoms with Crippen LogP contribution < -0.4 is 4.74 Å². The summed E-state index contributed by atoms with van der Waals surface area (Å²) in [5, 5.41) is 38.4. The summed E-state index contributed by atoms with van der Waals surface area (Å²) in [6.45, 7) is 0. The van der Waals surface area contributed by atoms with Crippen molar-refractivity contribution in [3.63, 3.8) is 0 Å². The second kappa shape index (κ2) is 7.85. The monoisotopic (exact) mass is 374 g/mol. The fraction of sp³-hybridized carbons (Fsp3) is 0.263. The Kier molecular flexibility index (Phi) is 5.52. The second-order valence-electron chi connectivity index (χ2n) is 6.07. The molecule has 27 heavy (non-hydrogen) atoms. The van der Waals surface area contributed by atoms with E-state index in [9.17, 15) is 24.9 Å². The zero-order valence-electron chi connectivity index (χ0n) is 14.0. The molecule has 5 unspecified atom stereocenters. The Morgan fingerprint density at radius 2 is 1.41 bits per heavy atom. The van der Waals surface area contributed by atoms with E-state index in [0.29, 0.717) is 11.1 Å². The van der Waals surface area contributed by atoms with E-state index in [4.69, 9.17) is 14.6 Å². The molecular formula is C19H18O8. The van der Waals surface area contributed by atoms with Crippen LogP contribution in [0.5, 0.6) is 5.75 Å². The SMILES string of the molecule is O=C(c1ccccc1)c1ccc(OC2OC(C(=O)O)C(O)C(O)C2O)cc1. The van der Waals surface area contributed by atoms with Crippen molar-refractivity contribution in [2.24, 2.45) is 0 Å². The first-order valence-electron chi connectivity index (χ1n) is 8.17. The number of carbonyl (C=O) groups excluding carboxylic acids is 1. The highest BCUT2D eigenvalue weighted by atomic mass is 16.7. The molecule has 0 aromatic heterocycles. The van der Waals surface area contributed by atoms with Crippen LogP contribution in [0.15, 0.2) is 54.6 Å². The minimum absolute atomic E-state index is 0.180. The van der Waals surface area contributed by atoms with Gasteiger partial charge in [0.25, 0.3) is 0 Å². The summed E-state index contributed by atoms with van der Waals surface area (Å²) in [5.74, 6) is -1.48. The number of carboxylic acid groups (broad SMARTS) is 1. The predicted octanol–water partition coefficient (Wildman–Crippen LogP) is 0.189. The molecule has 1 saturated heterocycles. The Morgan fingerprint density at radius 3 is 2.00 bits per heavy atom. The average Bonchev–Trinajstić information content (AvgIpc) is 2.69. The summed E-state index contributed by atoms with van der Waals surface area (Å²) in [5.41, 5.74) is 0.941. The van der Waals surface area contributed by atoms with Crippen LogP contribution in [0.2, 0.25) is 0 Å². The molecule has 0 bridgehead atoms. The van der Waals surface area contributed by atoms with Crippen molar-refractivity contribution in [2.75, 3.05) is 0 Å². The van der Waals surface area contributed by atoms with Crippen LogP contribution >= 0.6 is 0 Å². The number of ketones is 1. The molecule has 8 heteroatoms. The maximum absolute atomic E-state index is 12.4. The van der Waals surface area contributed by atoms with E-state index in [2.05, 4.69) is 0 Å². The van der Waals surface area contributed by atoms with Crippen molar-refractivity contribution >= 4 is 11.8 Å². The summed E-state index contributed by atoms with van der Waals surface area (Å²) < 4.78 is 10.4. The molecule has 2 aromatic carbocycles. The molecule has 0 amide bonds. The van der Waals surface area contributed by atoms with Crippen molar-refractivity contribution in [2.45, 2.75) is 30.7 Å². The summed E-state index contributed by atoms with van der Waals surface area (Å²) in [4.78, 5) is 23.5. The van der Waals surface area contributed by atoms with Gasteiger partial charge in [-0.15, -0.1) is 0 Å². The highest BCUT2D eigenvalue weighted by molar-refractivity contribution is 6.08. The van der Waals surface area contributed by atoms with Gasteiger partial charge in [-0.25, -0.2) is 4.79 Å². The number of aliphatic carboxylic acids is 1. The lowest BCUT2D eigenvalue weighted by Gasteiger charge is -2.38. The van der Waals surface area contributed by atoms with Gasteiger partial charge in [-0.05, 0) is 24.3 Å². The molecule has 1 aliphatic heterocycles. The number of aliphatic hydroxyl groups excluding tert-OH is 3. The number of aliphatic hydroxyl groups is 3. The van der Waals surface area contributed by atoms with Crippen molar-refractivity contribution < 1.29 is 39.5 Å². The van der Waals surface area contributed by atoms with Gasteiger partial charge in [-0.2, -0.15) is 0 Å². The molecule has 1 fully saturated rings. The largest absolute Gasteiger partial charge is 0.479 e. The first-order chi connectivity index (χ1) is 12.9. The minimum Gasteiger partial charge on any atom is -0.479 e. The first kappa shape index (κ1) is 19.0. The van der Waals surface area contributed by atoms with Crippen molar-refractivity contribution in [1.82, 2.24) is 0 Å². The third-order valence-corrected chi connectivity index (χ3v) is 4.22. The molecule has 0 aliphatic carbocycles. The van der Waals surface area contributed by atoms with Gasteiger partial charge in [0.15, 0.2) is 11.9 Å². The second-order valence-corrected chi connectivity index (χ2v) is 6.07. The summed E-state index contributed by atoms with van der Waals surface area (Å²) in [6.07, 6.45) is -8.43. The lowest BCUT2D eigenvalue weighted by molar-refractivity contribution is -0.271. The first-order valence-corrected chi connectivity index (χ1v) is 8.17. The van der Waals surface area contributed by atoms with Crippen molar-refractivity contribution in [3.05, 3.63) is 65.7 Å². The fourth-order valence-corrected chi connectivity index (χ4v) is 2.72. The highest BCUT2D eigenvalue weighted by Crippen LogP contribution is 2.25. The Hall–Kier alpha value is -2.78. The molecule has 1 aliphatic rings. The lowest BCUT2D eigenvalue weighted by atomic mass is 9.99. The van der Waals surface area contributed by atoms with E-state index in [1.807, 2.05) is 0 Å². The number of ether oxygens (including phenoxy) is 2. The number of rotatable bonds is 5. The summed E-state index contributed by atoms with van der Waals surface area (Å²) in [7, 11) is 0. The lowest BCUT2D eigenvalue weighted by Crippen LogP contribution is -2.61. The molecule has 8 nitrogen and oxygen atoms in total. The predicted molar refractivity (Wildman–Crippen MR) is 91.3 cm³/mol. The normalized spacial score (nSPS) is 27.7. The Bertz CT molecular complexity index is 804. The molecular weight excluding hydrogens is 356 g/mol. The van der Waals surface area contributed by atoms with E-state index in [-0.39, 0.29) is 11.5 Å². The summed E-state index contributed by atoms with van der Waals surface area (Å²) in [6, 6.07) is 14.6. The van der Waals surface area contributed by atoms with Crippen LogP contribution in [0.25, 0.3) is 0 Å². The highest BCUT2D eigenvalue weighted by Gasteiger charge is 2.48. The molecule has 0 saturated carbocycles. The number of benzene rings is 2. The average molecular weight is 374 g/mol. The molecule has 2 aromatic rings. The number of carboxylic acids is 1. The third-order valence-electron chi connectivity index (χ3n) is 4.22. The molecule has 4 N–H and O–H groups in total. The van der Waals surface area contributed by atoms with Crippen molar-refractivity contribution in [1.29, 1.82) is 0 Å². The third kappa shape index (κ3) is 3.99. The van der Waals surface area contributed by atoms with E-state index in [0.717, 1.165) is 0 Å². The van der Waals surface area contributed by atoms with Gasteiger partial charge in [-0.1, -0.05) is 30.3 Å². The van der Waals surface area contributed by atoms with Gasteiger partial charge in [0.1, 0.15) is 24.1 Å². The molecule has 3 rings (SSSR count). The molecule has 5 atom stereocenters. The zero-order valence-corrected chi connectivity index (χ0v) is 14.0. The van der Waals surface area contributed by atoms with Crippen LogP contribution in [-0.2, 0) is 9.53 Å². The maximum Gasteiger partial charge on any atom is 0.335 e. The number of hydrogen-bond acceptors (Lipinski definition) is 7. The van der Waals surface area contributed by atoms with Crippen LogP contribution in [0.4, 0.5) is 0 Å². The zero-order chi connectivity index (χ0) is 19.6. The van der Waals surface area contributed by atoms with E-state index in [1.165, 1.54) is 24.3 Å². The maximum atomic E-state index is 12.4. The molecule has 1 heterocycles. The topological polar surface area (TPSA) is 134 Å². The van der Waals surface area contributed by atoms with E-state index < -0.39 is 36.7 Å². The molecule has 0 spiro atoms. The van der Waals surface area contributed by atoms with Gasteiger partial charge in [0.05, 0.1) is 0 Å². The Morgan fingerprint density at radius 1 is 0.815 bits per heavy atom. The quantitative estimate of drug-likeness (QED) is 0.545. The number of carbonyl (C=O) groups is 2. The van der Waals surface area contributed by atoms with Gasteiger partial charge >= 0.3 is 5.97 Å². The van der Waals surface area contributed by atoms with Gasteiger partial charge < -0.3 is 29.9 Å². The van der Waals surface area contributed by atoms with E-state index in [1.54, 1.807) is 30.3 Å². The number of hydrogen-bond donors (Lipinski definition) is 4. The summed E-state index contributed by atoms with van der Waals surface area (Å²) >= 11 is 0. The van der Waals surface area contributed by atoms with Crippen molar-refractivity contribution in [3.8, 4) is 5.75 Å². The molecule has 0 radical (unpaired) electrons. The molecule has 142 valence electrons. The van der Waals surface area contributed by atoms with Crippen LogP contribution in [-0.4, -0.2) is 62.9 Å². The Balaban J connectivity index is 1.72. The fourth-order valence-electron chi connectivity index (χ4n) is 2.72. The van der Waals surface area contributed by atoms with Crippen LogP contribution in [0, 0.1) is 0 Å². The minimum atomic E-state index is -1.79. The van der Waals surface area contributed by atoms with Gasteiger partial charge in [-0.3, -0.25) is 4.79 Å².